The highest BCUT2D eigenvalue weighted by Gasteiger charge is 1.88. The molecule has 0 aliphatic heterocycles. The molecule has 0 nitrogen and oxygen atoms in total. The van der Waals surface area contributed by atoms with Crippen molar-refractivity contribution >= 4 is 11.6 Å². The third kappa shape index (κ3) is 3.10. The Labute approximate surface area is 78.9 Å². The molecule has 1 aromatic rings. The van der Waals surface area contributed by atoms with E-state index in [1.807, 2.05) is 12.1 Å². The van der Waals surface area contributed by atoms with Gasteiger partial charge >= 0.3 is 0 Å². The summed E-state index contributed by atoms with van der Waals surface area (Å²) in [6, 6.07) is 7.97. The molecule has 1 aromatic carbocycles. The SMILES string of the molecule is CCC=CCc1ccc(Cl)cc1. The maximum Gasteiger partial charge on any atom is 0.0406 e. The van der Waals surface area contributed by atoms with Crippen LogP contribution in [0.25, 0.3) is 0 Å². The van der Waals surface area contributed by atoms with Crippen LogP contribution >= 0.6 is 11.6 Å². The molecule has 1 rings (SSSR count). The summed E-state index contributed by atoms with van der Waals surface area (Å²) in [7, 11) is 0. The lowest BCUT2D eigenvalue weighted by atomic mass is 10.1. The first-order valence-electron chi connectivity index (χ1n) is 4.22. The van der Waals surface area contributed by atoms with Crippen molar-refractivity contribution in [3.05, 3.63) is 47.0 Å². The van der Waals surface area contributed by atoms with E-state index in [0.717, 1.165) is 17.9 Å². The molecule has 64 valence electrons. The van der Waals surface area contributed by atoms with Gasteiger partial charge in [-0.1, -0.05) is 42.8 Å². The van der Waals surface area contributed by atoms with Crippen molar-refractivity contribution in [2.24, 2.45) is 0 Å². The van der Waals surface area contributed by atoms with Crippen molar-refractivity contribution in [1.29, 1.82) is 0 Å². The fourth-order valence-electron chi connectivity index (χ4n) is 1.01. The normalized spacial score (nSPS) is 10.8. The minimum atomic E-state index is 0.804. The minimum absolute atomic E-state index is 0.804. The first-order valence-corrected chi connectivity index (χ1v) is 4.60. The molecule has 0 N–H and O–H groups in total. The molecule has 1 heteroatoms. The Morgan fingerprint density at radius 2 is 1.83 bits per heavy atom. The smallest absolute Gasteiger partial charge is 0.0406 e. The summed E-state index contributed by atoms with van der Waals surface area (Å²) in [5, 5.41) is 0.804. The Balaban J connectivity index is 2.53. The van der Waals surface area contributed by atoms with Crippen LogP contribution in [0.2, 0.25) is 5.02 Å². The Morgan fingerprint density at radius 1 is 1.17 bits per heavy atom. The molecule has 0 fully saturated rings. The van der Waals surface area contributed by atoms with Gasteiger partial charge in [0.25, 0.3) is 0 Å². The molecule has 0 saturated heterocycles. The zero-order valence-electron chi connectivity index (χ0n) is 7.26. The van der Waals surface area contributed by atoms with Crippen molar-refractivity contribution in [1.82, 2.24) is 0 Å². The number of halogens is 1. The van der Waals surface area contributed by atoms with E-state index < -0.39 is 0 Å². The fraction of sp³-hybridized carbons (Fsp3) is 0.273. The second kappa shape index (κ2) is 5.00. The van der Waals surface area contributed by atoms with Crippen LogP contribution in [0.4, 0.5) is 0 Å². The van der Waals surface area contributed by atoms with E-state index >= 15 is 0 Å². The summed E-state index contributed by atoms with van der Waals surface area (Å²) in [5.74, 6) is 0. The summed E-state index contributed by atoms with van der Waals surface area (Å²) in [4.78, 5) is 0. The third-order valence-corrected chi connectivity index (χ3v) is 1.92. The van der Waals surface area contributed by atoms with E-state index in [2.05, 4.69) is 31.2 Å². The predicted molar refractivity (Wildman–Crippen MR) is 54.6 cm³/mol. The second-order valence-corrected chi connectivity index (χ2v) is 3.15. The van der Waals surface area contributed by atoms with E-state index in [-0.39, 0.29) is 0 Å². The molecule has 0 aliphatic carbocycles. The fourth-order valence-corrected chi connectivity index (χ4v) is 1.13. The zero-order chi connectivity index (χ0) is 8.81. The van der Waals surface area contributed by atoms with E-state index in [0.29, 0.717) is 0 Å². The van der Waals surface area contributed by atoms with Crippen LogP contribution in [0.5, 0.6) is 0 Å². The van der Waals surface area contributed by atoms with Crippen molar-refractivity contribution in [2.75, 3.05) is 0 Å². The molecule has 0 amide bonds. The maximum atomic E-state index is 5.75. The average Bonchev–Trinajstić information content (AvgIpc) is 2.09. The molecule has 0 heterocycles. The van der Waals surface area contributed by atoms with Gasteiger partial charge in [0.05, 0.1) is 0 Å². The number of hydrogen-bond donors (Lipinski definition) is 0. The lowest BCUT2D eigenvalue weighted by molar-refractivity contribution is 1.18. The molecule has 0 aliphatic rings. The summed E-state index contributed by atoms with van der Waals surface area (Å²) in [6.45, 7) is 2.14. The number of allylic oxidation sites excluding steroid dienone is 2. The number of hydrogen-bond acceptors (Lipinski definition) is 0. The van der Waals surface area contributed by atoms with Crippen LogP contribution < -0.4 is 0 Å². The van der Waals surface area contributed by atoms with Crippen LogP contribution in [-0.2, 0) is 6.42 Å². The van der Waals surface area contributed by atoms with Gasteiger partial charge in [-0.3, -0.25) is 0 Å². The summed E-state index contributed by atoms with van der Waals surface area (Å²) >= 11 is 5.75. The van der Waals surface area contributed by atoms with Crippen LogP contribution in [0.15, 0.2) is 36.4 Å². The van der Waals surface area contributed by atoms with Gasteiger partial charge in [0, 0.05) is 5.02 Å². The highest BCUT2D eigenvalue weighted by molar-refractivity contribution is 6.30. The molecule has 0 atom stereocenters. The monoisotopic (exact) mass is 180 g/mol. The van der Waals surface area contributed by atoms with Crippen LogP contribution in [0.3, 0.4) is 0 Å². The standard InChI is InChI=1S/C11H13Cl/c1-2-3-4-5-10-6-8-11(12)9-7-10/h3-4,6-9H,2,5H2,1H3. The molecule has 0 aromatic heterocycles. The molecule has 0 bridgehead atoms. The average molecular weight is 181 g/mol. The summed E-state index contributed by atoms with van der Waals surface area (Å²) in [5.41, 5.74) is 1.31. The van der Waals surface area contributed by atoms with Gasteiger partial charge in [-0.05, 0) is 30.5 Å². The lowest BCUT2D eigenvalue weighted by Gasteiger charge is -1.95. The second-order valence-electron chi connectivity index (χ2n) is 2.71. The Kier molecular flexibility index (Phi) is 3.89. The van der Waals surface area contributed by atoms with Crippen molar-refractivity contribution in [2.45, 2.75) is 19.8 Å². The Morgan fingerprint density at radius 3 is 2.42 bits per heavy atom. The van der Waals surface area contributed by atoms with Crippen LogP contribution in [0, 0.1) is 0 Å². The van der Waals surface area contributed by atoms with Gasteiger partial charge in [0.15, 0.2) is 0 Å². The minimum Gasteiger partial charge on any atom is -0.0885 e. The summed E-state index contributed by atoms with van der Waals surface area (Å²) in [6.07, 6.45) is 6.47. The number of rotatable bonds is 3. The van der Waals surface area contributed by atoms with Gasteiger partial charge in [-0.25, -0.2) is 0 Å². The molecule has 12 heavy (non-hydrogen) atoms. The van der Waals surface area contributed by atoms with Gasteiger partial charge in [0.2, 0.25) is 0 Å². The van der Waals surface area contributed by atoms with Crippen molar-refractivity contribution in [3.63, 3.8) is 0 Å². The largest absolute Gasteiger partial charge is 0.0885 e. The molecule has 0 unspecified atom stereocenters. The highest BCUT2D eigenvalue weighted by atomic mass is 35.5. The highest BCUT2D eigenvalue weighted by Crippen LogP contribution is 2.10. The van der Waals surface area contributed by atoms with Crippen LogP contribution in [-0.4, -0.2) is 0 Å². The van der Waals surface area contributed by atoms with Gasteiger partial charge in [-0.2, -0.15) is 0 Å². The zero-order valence-corrected chi connectivity index (χ0v) is 8.01. The Hall–Kier alpha value is -0.750. The van der Waals surface area contributed by atoms with E-state index in [1.54, 1.807) is 0 Å². The van der Waals surface area contributed by atoms with E-state index in [9.17, 15) is 0 Å². The van der Waals surface area contributed by atoms with Gasteiger partial charge < -0.3 is 0 Å². The van der Waals surface area contributed by atoms with Gasteiger partial charge in [0.1, 0.15) is 0 Å². The molecule has 0 saturated carbocycles. The van der Waals surface area contributed by atoms with Crippen LogP contribution in [0.1, 0.15) is 18.9 Å². The molecule has 0 radical (unpaired) electrons. The predicted octanol–water partition coefficient (Wildman–Crippen LogP) is 3.85. The molecular formula is C11H13Cl. The van der Waals surface area contributed by atoms with Crippen molar-refractivity contribution < 1.29 is 0 Å². The maximum absolute atomic E-state index is 5.75. The summed E-state index contributed by atoms with van der Waals surface area (Å²) < 4.78 is 0. The molecule has 0 spiro atoms. The first kappa shape index (κ1) is 9.34. The quantitative estimate of drug-likeness (QED) is 0.620. The van der Waals surface area contributed by atoms with Crippen molar-refractivity contribution in [3.8, 4) is 0 Å². The van der Waals surface area contributed by atoms with E-state index in [1.165, 1.54) is 5.56 Å². The van der Waals surface area contributed by atoms with E-state index in [4.69, 9.17) is 11.6 Å². The Bertz CT molecular complexity index is 246. The molecular weight excluding hydrogens is 168 g/mol. The third-order valence-electron chi connectivity index (χ3n) is 1.67. The first-order chi connectivity index (χ1) is 5.83. The number of benzene rings is 1. The lowest BCUT2D eigenvalue weighted by Crippen LogP contribution is -1.78. The topological polar surface area (TPSA) is 0 Å². The van der Waals surface area contributed by atoms with Gasteiger partial charge in [-0.15, -0.1) is 0 Å².